The van der Waals surface area contributed by atoms with Gasteiger partial charge in [-0.3, -0.25) is 0 Å². The fourth-order valence-electron chi connectivity index (χ4n) is 2.04. The molecule has 1 nitrogen and oxygen atoms in total. The van der Waals surface area contributed by atoms with E-state index in [4.69, 9.17) is 11.6 Å². The summed E-state index contributed by atoms with van der Waals surface area (Å²) in [6.07, 6.45) is 0. The summed E-state index contributed by atoms with van der Waals surface area (Å²) in [7, 11) is 0. The van der Waals surface area contributed by atoms with E-state index in [0.717, 1.165) is 4.83 Å². The molecule has 0 saturated heterocycles. The van der Waals surface area contributed by atoms with Crippen molar-refractivity contribution in [2.24, 2.45) is 0 Å². The molecule has 0 radical (unpaired) electrons. The molecule has 3 heteroatoms. The number of pyridine rings is 1. The number of halogens is 1. The van der Waals surface area contributed by atoms with E-state index in [-0.39, 0.29) is 0 Å². The van der Waals surface area contributed by atoms with Gasteiger partial charge in [-0.05, 0) is 24.6 Å². The van der Waals surface area contributed by atoms with Crippen LogP contribution in [0.3, 0.4) is 0 Å². The van der Waals surface area contributed by atoms with E-state index >= 15 is 0 Å². The summed E-state index contributed by atoms with van der Waals surface area (Å²) in [6.45, 7) is 2.13. The first-order valence-electron chi connectivity index (χ1n) is 5.37. The molecule has 0 unspecified atom stereocenters. The third-order valence-electron chi connectivity index (χ3n) is 2.76. The average molecular weight is 260 g/mol. The molecule has 0 bridgehead atoms. The molecule has 1 aromatic carbocycles. The van der Waals surface area contributed by atoms with Gasteiger partial charge in [0.2, 0.25) is 0 Å². The van der Waals surface area contributed by atoms with Gasteiger partial charge in [-0.15, -0.1) is 11.3 Å². The van der Waals surface area contributed by atoms with Crippen LogP contribution in [0.25, 0.3) is 21.3 Å². The molecule has 0 aliphatic rings. The predicted octanol–water partition coefficient (Wildman–Crippen LogP) is 4.93. The van der Waals surface area contributed by atoms with Gasteiger partial charge in [-0.1, -0.05) is 41.9 Å². The van der Waals surface area contributed by atoms with Gasteiger partial charge in [0.15, 0.2) is 0 Å². The summed E-state index contributed by atoms with van der Waals surface area (Å²) in [6, 6.07) is 14.3. The maximum absolute atomic E-state index is 5.92. The summed E-state index contributed by atoms with van der Waals surface area (Å²) in [4.78, 5) is 6.65. The Morgan fingerprint density at radius 2 is 1.82 bits per heavy atom. The van der Waals surface area contributed by atoms with Gasteiger partial charge in [-0.25, -0.2) is 4.98 Å². The summed E-state index contributed by atoms with van der Waals surface area (Å²) in [5.74, 6) is 0. The number of hydrogen-bond donors (Lipinski definition) is 0. The highest BCUT2D eigenvalue weighted by Crippen LogP contribution is 2.37. The fourth-order valence-corrected chi connectivity index (χ4v) is 3.28. The van der Waals surface area contributed by atoms with E-state index in [0.29, 0.717) is 5.15 Å². The van der Waals surface area contributed by atoms with Crippen molar-refractivity contribution in [3.8, 4) is 11.1 Å². The first-order chi connectivity index (χ1) is 8.25. The summed E-state index contributed by atoms with van der Waals surface area (Å²) >= 11 is 7.61. The van der Waals surface area contributed by atoms with E-state index in [1.807, 2.05) is 12.1 Å². The molecule has 2 heterocycles. The lowest BCUT2D eigenvalue weighted by Crippen LogP contribution is -1.78. The Hall–Kier alpha value is -1.38. The number of rotatable bonds is 1. The van der Waals surface area contributed by atoms with Crippen LogP contribution in [0.5, 0.6) is 0 Å². The zero-order chi connectivity index (χ0) is 11.8. The quantitative estimate of drug-likeness (QED) is 0.565. The Labute approximate surface area is 109 Å². The van der Waals surface area contributed by atoms with Crippen LogP contribution in [0.15, 0.2) is 42.5 Å². The minimum Gasteiger partial charge on any atom is -0.225 e. The molecular weight excluding hydrogens is 250 g/mol. The number of fused-ring (bicyclic) bond motifs is 1. The molecule has 0 spiro atoms. The standard InChI is InChI=1S/C14H10ClNS/c1-9-13(10-5-3-2-4-6-10)11-7-8-12(15)16-14(11)17-9/h2-8H,1H3. The van der Waals surface area contributed by atoms with Gasteiger partial charge in [0, 0.05) is 15.8 Å². The Bertz CT molecular complexity index is 673. The molecule has 0 saturated carbocycles. The molecular formula is C14H10ClNS. The highest BCUT2D eigenvalue weighted by atomic mass is 35.5. The van der Waals surface area contributed by atoms with Gasteiger partial charge in [0.1, 0.15) is 9.98 Å². The largest absolute Gasteiger partial charge is 0.225 e. The van der Waals surface area contributed by atoms with Crippen LogP contribution in [0.2, 0.25) is 5.15 Å². The lowest BCUT2D eigenvalue weighted by Gasteiger charge is -2.01. The third kappa shape index (κ3) is 1.84. The number of thiophene rings is 1. The maximum atomic E-state index is 5.92. The molecule has 3 aromatic rings. The molecule has 3 rings (SSSR count). The van der Waals surface area contributed by atoms with E-state index < -0.39 is 0 Å². The highest BCUT2D eigenvalue weighted by molar-refractivity contribution is 7.19. The number of benzene rings is 1. The van der Waals surface area contributed by atoms with Crippen molar-refractivity contribution in [3.63, 3.8) is 0 Å². The molecule has 0 amide bonds. The summed E-state index contributed by atoms with van der Waals surface area (Å²) < 4.78 is 0. The molecule has 0 atom stereocenters. The zero-order valence-corrected chi connectivity index (χ0v) is 10.8. The molecule has 0 fully saturated rings. The molecule has 2 aromatic heterocycles. The second kappa shape index (κ2) is 4.13. The van der Waals surface area contributed by atoms with E-state index in [9.17, 15) is 0 Å². The van der Waals surface area contributed by atoms with Gasteiger partial charge in [0.25, 0.3) is 0 Å². The van der Waals surface area contributed by atoms with E-state index in [2.05, 4.69) is 42.2 Å². The van der Waals surface area contributed by atoms with Crippen molar-refractivity contribution in [3.05, 3.63) is 52.5 Å². The first kappa shape index (κ1) is 10.8. The van der Waals surface area contributed by atoms with Crippen LogP contribution in [0.1, 0.15) is 4.88 Å². The van der Waals surface area contributed by atoms with Crippen molar-refractivity contribution in [2.75, 3.05) is 0 Å². The van der Waals surface area contributed by atoms with E-state index in [1.54, 1.807) is 11.3 Å². The van der Waals surface area contributed by atoms with Crippen molar-refractivity contribution >= 4 is 33.2 Å². The van der Waals surface area contributed by atoms with Crippen LogP contribution in [0.4, 0.5) is 0 Å². The van der Waals surface area contributed by atoms with Crippen LogP contribution in [0, 0.1) is 6.92 Å². The molecule has 17 heavy (non-hydrogen) atoms. The minimum absolute atomic E-state index is 0.554. The van der Waals surface area contributed by atoms with Crippen LogP contribution in [-0.4, -0.2) is 4.98 Å². The van der Waals surface area contributed by atoms with Gasteiger partial charge in [-0.2, -0.15) is 0 Å². The lowest BCUT2D eigenvalue weighted by molar-refractivity contribution is 1.44. The second-order valence-corrected chi connectivity index (χ2v) is 5.48. The van der Waals surface area contributed by atoms with Crippen molar-refractivity contribution in [1.82, 2.24) is 4.98 Å². The average Bonchev–Trinajstić information content (AvgIpc) is 2.65. The van der Waals surface area contributed by atoms with E-state index in [1.165, 1.54) is 21.4 Å². The summed E-state index contributed by atoms with van der Waals surface area (Å²) in [5.41, 5.74) is 2.51. The van der Waals surface area contributed by atoms with Crippen LogP contribution >= 0.6 is 22.9 Å². The van der Waals surface area contributed by atoms with Crippen LogP contribution in [-0.2, 0) is 0 Å². The van der Waals surface area contributed by atoms with Gasteiger partial charge < -0.3 is 0 Å². The number of aryl methyl sites for hydroxylation is 1. The SMILES string of the molecule is Cc1sc2nc(Cl)ccc2c1-c1ccccc1. The zero-order valence-electron chi connectivity index (χ0n) is 9.27. The van der Waals surface area contributed by atoms with Crippen molar-refractivity contribution < 1.29 is 0 Å². The van der Waals surface area contributed by atoms with Gasteiger partial charge in [0.05, 0.1) is 0 Å². The summed E-state index contributed by atoms with van der Waals surface area (Å²) in [5, 5.41) is 1.74. The first-order valence-corrected chi connectivity index (χ1v) is 6.56. The second-order valence-electron chi connectivity index (χ2n) is 3.89. The minimum atomic E-state index is 0.554. The smallest absolute Gasteiger partial charge is 0.130 e. The Balaban J connectivity index is 2.33. The monoisotopic (exact) mass is 259 g/mol. The fraction of sp³-hybridized carbons (Fsp3) is 0.0714. The topological polar surface area (TPSA) is 12.9 Å². The van der Waals surface area contributed by atoms with Crippen molar-refractivity contribution in [1.29, 1.82) is 0 Å². The third-order valence-corrected chi connectivity index (χ3v) is 3.99. The molecule has 0 aliphatic heterocycles. The number of aromatic nitrogens is 1. The van der Waals surface area contributed by atoms with Crippen molar-refractivity contribution in [2.45, 2.75) is 6.92 Å². The number of nitrogens with zero attached hydrogens (tertiary/aromatic N) is 1. The lowest BCUT2D eigenvalue weighted by atomic mass is 10.0. The highest BCUT2D eigenvalue weighted by Gasteiger charge is 2.11. The Morgan fingerprint density at radius 1 is 1.06 bits per heavy atom. The molecule has 0 aliphatic carbocycles. The maximum Gasteiger partial charge on any atom is 0.130 e. The molecule has 84 valence electrons. The number of hydrogen-bond acceptors (Lipinski definition) is 2. The Morgan fingerprint density at radius 3 is 2.59 bits per heavy atom. The predicted molar refractivity (Wildman–Crippen MR) is 74.8 cm³/mol. The van der Waals surface area contributed by atoms with Gasteiger partial charge >= 0.3 is 0 Å². The van der Waals surface area contributed by atoms with Crippen LogP contribution < -0.4 is 0 Å². The molecule has 0 N–H and O–H groups in total. The normalized spacial score (nSPS) is 10.9. The Kier molecular flexibility index (Phi) is 2.61.